The summed E-state index contributed by atoms with van der Waals surface area (Å²) in [7, 11) is 0. The highest BCUT2D eigenvalue weighted by molar-refractivity contribution is 8.01. The minimum Gasteiger partial charge on any atom is -0.489 e. The maximum absolute atomic E-state index is 6.14. The lowest BCUT2D eigenvalue weighted by atomic mass is 10.1. The monoisotopic (exact) mass is 380 g/mol. The Hall–Kier alpha value is -2.21. The molecule has 0 saturated heterocycles. The number of fused-ring (bicyclic) bond motifs is 1. The quantitative estimate of drug-likeness (QED) is 0.583. The summed E-state index contributed by atoms with van der Waals surface area (Å²) >= 11 is 1.76. The molecule has 1 aromatic carbocycles. The van der Waals surface area contributed by atoms with Gasteiger partial charge >= 0.3 is 0 Å². The van der Waals surface area contributed by atoms with Crippen molar-refractivity contribution >= 4 is 23.5 Å². The van der Waals surface area contributed by atoms with Crippen molar-refractivity contribution in [3.05, 3.63) is 52.7 Å². The van der Waals surface area contributed by atoms with Crippen LogP contribution in [0, 0.1) is 13.8 Å². The molecule has 0 atom stereocenters. The lowest BCUT2D eigenvalue weighted by Gasteiger charge is -2.13. The predicted octanol–water partition coefficient (Wildman–Crippen LogP) is 5.03. The number of pyridine rings is 1. The summed E-state index contributed by atoms with van der Waals surface area (Å²) in [5.74, 6) is 2.39. The second-order valence-electron chi connectivity index (χ2n) is 7.81. The van der Waals surface area contributed by atoms with Crippen LogP contribution >= 0.6 is 11.9 Å². The summed E-state index contributed by atoms with van der Waals surface area (Å²) in [6.45, 7) is 4.77. The number of hydrogen-bond acceptors (Lipinski definition) is 5. The summed E-state index contributed by atoms with van der Waals surface area (Å²) in [4.78, 5) is 0. The van der Waals surface area contributed by atoms with Gasteiger partial charge in [-0.1, -0.05) is 6.07 Å². The van der Waals surface area contributed by atoms with Gasteiger partial charge in [-0.2, -0.15) is 0 Å². The molecule has 5 nitrogen and oxygen atoms in total. The zero-order chi connectivity index (χ0) is 18.4. The first-order chi connectivity index (χ1) is 13.2. The number of nitrogens with zero attached hydrogens (tertiary/aromatic N) is 3. The van der Waals surface area contributed by atoms with E-state index in [0.717, 1.165) is 22.6 Å². The highest BCUT2D eigenvalue weighted by Crippen LogP contribution is 2.42. The van der Waals surface area contributed by atoms with Gasteiger partial charge in [-0.25, -0.2) is 0 Å². The van der Waals surface area contributed by atoms with Crippen LogP contribution < -0.4 is 9.46 Å². The van der Waals surface area contributed by atoms with Crippen molar-refractivity contribution in [1.29, 1.82) is 0 Å². The van der Waals surface area contributed by atoms with E-state index in [9.17, 15) is 0 Å². The number of nitrogens with one attached hydrogen (secondary N) is 1. The Morgan fingerprint density at radius 3 is 2.56 bits per heavy atom. The summed E-state index contributed by atoms with van der Waals surface area (Å²) in [5, 5.41) is 9.43. The molecule has 6 heteroatoms. The van der Waals surface area contributed by atoms with Crippen LogP contribution in [0.25, 0.3) is 5.65 Å². The third kappa shape index (κ3) is 3.76. The number of anilines is 1. The van der Waals surface area contributed by atoms with Crippen LogP contribution in [0.15, 0.2) is 30.5 Å². The van der Waals surface area contributed by atoms with Crippen LogP contribution in [0.4, 0.5) is 5.95 Å². The van der Waals surface area contributed by atoms with Gasteiger partial charge in [0.15, 0.2) is 5.65 Å². The molecule has 2 saturated carbocycles. The van der Waals surface area contributed by atoms with Gasteiger partial charge in [0.1, 0.15) is 12.4 Å². The number of hydrogen-bond donors (Lipinski definition) is 1. The van der Waals surface area contributed by atoms with Crippen LogP contribution in [-0.4, -0.2) is 19.8 Å². The second kappa shape index (κ2) is 6.75. The molecule has 0 radical (unpaired) electrons. The van der Waals surface area contributed by atoms with E-state index in [-0.39, 0.29) is 0 Å². The Morgan fingerprint density at radius 2 is 1.85 bits per heavy atom. The van der Waals surface area contributed by atoms with Gasteiger partial charge in [-0.3, -0.25) is 9.12 Å². The maximum Gasteiger partial charge on any atom is 0.239 e. The summed E-state index contributed by atoms with van der Waals surface area (Å²) in [6.07, 6.45) is 7.31. The summed E-state index contributed by atoms with van der Waals surface area (Å²) in [5.41, 5.74) is 5.91. The van der Waals surface area contributed by atoms with Crippen molar-refractivity contribution < 1.29 is 4.74 Å². The molecule has 2 aliphatic carbocycles. The molecule has 0 unspecified atom stereocenters. The zero-order valence-electron chi connectivity index (χ0n) is 15.7. The summed E-state index contributed by atoms with van der Waals surface area (Å²) < 4.78 is 11.6. The standard InChI is InChI=1S/C21H24N4OS/c1-13-7-14(2)9-17(8-13)26-12-16-10-20-22-23-21(24-27-18-5-6-18)25(20)11-19(16)15-3-4-15/h7-11,15,18H,3-6,12H2,1-2H3,(H,23,24). The zero-order valence-corrected chi connectivity index (χ0v) is 16.6. The van der Waals surface area contributed by atoms with E-state index in [1.165, 1.54) is 47.9 Å². The van der Waals surface area contributed by atoms with E-state index in [1.807, 2.05) is 0 Å². The first-order valence-corrected chi connectivity index (χ1v) is 10.5. The minimum absolute atomic E-state index is 0.567. The van der Waals surface area contributed by atoms with E-state index >= 15 is 0 Å². The number of aromatic nitrogens is 3. The third-order valence-electron chi connectivity index (χ3n) is 5.11. The molecule has 27 heavy (non-hydrogen) atoms. The molecule has 5 rings (SSSR count). The third-order valence-corrected chi connectivity index (χ3v) is 6.22. The lowest BCUT2D eigenvalue weighted by Crippen LogP contribution is -2.04. The molecule has 0 aliphatic heterocycles. The van der Waals surface area contributed by atoms with Crippen LogP contribution in [0.2, 0.25) is 0 Å². The van der Waals surface area contributed by atoms with Gasteiger partial charge in [0.2, 0.25) is 5.95 Å². The molecular formula is C21H24N4OS. The van der Waals surface area contributed by atoms with E-state index in [0.29, 0.717) is 12.5 Å². The topological polar surface area (TPSA) is 51.5 Å². The molecule has 3 aromatic rings. The molecule has 2 aliphatic rings. The number of benzene rings is 1. The largest absolute Gasteiger partial charge is 0.489 e. The first kappa shape index (κ1) is 16.9. The first-order valence-electron chi connectivity index (χ1n) is 9.66. The van der Waals surface area contributed by atoms with Gasteiger partial charge in [0.25, 0.3) is 0 Å². The Bertz CT molecular complexity index is 971. The Morgan fingerprint density at radius 1 is 1.07 bits per heavy atom. The molecule has 140 valence electrons. The fraction of sp³-hybridized carbons (Fsp3) is 0.429. The molecule has 1 N–H and O–H groups in total. The van der Waals surface area contributed by atoms with E-state index < -0.39 is 0 Å². The van der Waals surface area contributed by atoms with Crippen LogP contribution in [0.3, 0.4) is 0 Å². The van der Waals surface area contributed by atoms with Gasteiger partial charge in [-0.15, -0.1) is 10.2 Å². The van der Waals surface area contributed by atoms with Gasteiger partial charge in [0.05, 0.1) is 0 Å². The molecule has 2 aromatic heterocycles. The van der Waals surface area contributed by atoms with Crippen molar-refractivity contribution in [2.75, 3.05) is 4.72 Å². The maximum atomic E-state index is 6.14. The van der Waals surface area contributed by atoms with Crippen molar-refractivity contribution in [1.82, 2.24) is 14.6 Å². The average molecular weight is 381 g/mol. The Labute approximate surface area is 163 Å². The number of ether oxygens (including phenoxy) is 1. The van der Waals surface area contributed by atoms with Crippen LogP contribution in [0.1, 0.15) is 53.9 Å². The smallest absolute Gasteiger partial charge is 0.239 e. The van der Waals surface area contributed by atoms with Crippen molar-refractivity contribution in [3.8, 4) is 5.75 Å². The lowest BCUT2D eigenvalue weighted by molar-refractivity contribution is 0.304. The fourth-order valence-electron chi connectivity index (χ4n) is 3.45. The van der Waals surface area contributed by atoms with Gasteiger partial charge in [0, 0.05) is 11.4 Å². The fourth-order valence-corrected chi connectivity index (χ4v) is 4.23. The molecule has 0 amide bonds. The number of rotatable bonds is 7. The van der Waals surface area contributed by atoms with E-state index in [2.05, 4.69) is 63.6 Å². The van der Waals surface area contributed by atoms with E-state index in [1.54, 1.807) is 11.9 Å². The highest BCUT2D eigenvalue weighted by Gasteiger charge is 2.28. The molecular weight excluding hydrogens is 356 g/mol. The van der Waals surface area contributed by atoms with Crippen molar-refractivity contribution in [3.63, 3.8) is 0 Å². The van der Waals surface area contributed by atoms with Crippen molar-refractivity contribution in [2.24, 2.45) is 0 Å². The minimum atomic E-state index is 0.567. The van der Waals surface area contributed by atoms with Gasteiger partial charge < -0.3 is 4.74 Å². The Kier molecular flexibility index (Phi) is 4.23. The predicted molar refractivity (Wildman–Crippen MR) is 109 cm³/mol. The average Bonchev–Trinajstić information content (AvgIpc) is 3.55. The molecule has 0 bridgehead atoms. The highest BCUT2D eigenvalue weighted by atomic mass is 32.2. The van der Waals surface area contributed by atoms with Crippen molar-refractivity contribution in [2.45, 2.75) is 57.3 Å². The van der Waals surface area contributed by atoms with E-state index in [4.69, 9.17) is 4.74 Å². The SMILES string of the molecule is Cc1cc(C)cc(OCc2cc3nnc(NSC4CC4)n3cc2C2CC2)c1. The number of aryl methyl sites for hydroxylation is 2. The molecule has 2 heterocycles. The normalized spacial score (nSPS) is 16.7. The van der Waals surface area contributed by atoms with Crippen LogP contribution in [0.5, 0.6) is 5.75 Å². The summed E-state index contributed by atoms with van der Waals surface area (Å²) in [6, 6.07) is 8.49. The molecule has 0 spiro atoms. The van der Waals surface area contributed by atoms with Gasteiger partial charge in [-0.05, 0) is 97.8 Å². The van der Waals surface area contributed by atoms with Crippen LogP contribution in [-0.2, 0) is 6.61 Å². The second-order valence-corrected chi connectivity index (χ2v) is 8.92. The molecule has 2 fully saturated rings. The Balaban J connectivity index is 1.41.